The van der Waals surface area contributed by atoms with E-state index in [4.69, 9.17) is 9.47 Å². The molecular weight excluding hydrogens is 541 g/mol. The molecule has 9 nitrogen and oxygen atoms in total. The van der Waals surface area contributed by atoms with Gasteiger partial charge in [0.05, 0.1) is 25.4 Å². The van der Waals surface area contributed by atoms with E-state index in [1.54, 1.807) is 6.92 Å². The van der Waals surface area contributed by atoms with Crippen molar-refractivity contribution in [1.29, 1.82) is 0 Å². The molecule has 0 radical (unpaired) electrons. The van der Waals surface area contributed by atoms with Crippen LogP contribution in [0.2, 0.25) is 0 Å². The van der Waals surface area contributed by atoms with Gasteiger partial charge >= 0.3 is 12.6 Å². The van der Waals surface area contributed by atoms with E-state index in [1.165, 1.54) is 42.7 Å². The van der Waals surface area contributed by atoms with E-state index in [0.29, 0.717) is 11.1 Å². The Morgan fingerprint density at radius 1 is 1.18 bits per heavy atom. The van der Waals surface area contributed by atoms with Crippen LogP contribution in [0.5, 0.6) is 11.5 Å². The summed E-state index contributed by atoms with van der Waals surface area (Å²) in [6, 6.07) is 8.99. The number of hydrogen-bond donors (Lipinski definition) is 1. The number of aliphatic carboxylic acids is 1. The first-order valence-corrected chi connectivity index (χ1v) is 13.2. The number of fused-ring (bicyclic) bond motifs is 1. The number of benzene rings is 2. The Balaban J connectivity index is 1.58. The van der Waals surface area contributed by atoms with Crippen LogP contribution >= 0.6 is 0 Å². The van der Waals surface area contributed by atoms with Crippen molar-refractivity contribution in [1.82, 2.24) is 4.98 Å². The Labute approximate surface area is 221 Å². The molecule has 0 unspecified atom stereocenters. The Morgan fingerprint density at radius 2 is 1.95 bits per heavy atom. The highest BCUT2D eigenvalue weighted by Crippen LogP contribution is 2.43. The van der Waals surface area contributed by atoms with Crippen molar-refractivity contribution in [3.05, 3.63) is 66.2 Å². The summed E-state index contributed by atoms with van der Waals surface area (Å²) >= 11 is 0. The molecule has 0 spiro atoms. The third-order valence-corrected chi connectivity index (χ3v) is 8.33. The van der Waals surface area contributed by atoms with Crippen molar-refractivity contribution in [2.45, 2.75) is 31.0 Å². The minimum Gasteiger partial charge on any atom is -0.486 e. The predicted molar refractivity (Wildman–Crippen MR) is 132 cm³/mol. The molecule has 0 bridgehead atoms. The van der Waals surface area contributed by atoms with E-state index < -0.39 is 45.7 Å². The fourth-order valence-electron chi connectivity index (χ4n) is 4.63. The molecule has 0 amide bonds. The molecule has 2 aliphatic rings. The average Bonchev–Trinajstić information content (AvgIpc) is 2.84. The molecule has 1 fully saturated rings. The number of rotatable bonds is 8. The third-order valence-electron chi connectivity index (χ3n) is 6.59. The van der Waals surface area contributed by atoms with E-state index in [0.717, 1.165) is 16.4 Å². The molecular formula is C26H23F3N2O7S. The van der Waals surface area contributed by atoms with Crippen LogP contribution in [0.25, 0.3) is 11.1 Å². The summed E-state index contributed by atoms with van der Waals surface area (Å²) in [7, 11) is -4.21. The van der Waals surface area contributed by atoms with E-state index in [9.17, 15) is 31.5 Å². The summed E-state index contributed by atoms with van der Waals surface area (Å²) in [5.74, 6) is -2.13. The van der Waals surface area contributed by atoms with Gasteiger partial charge in [-0.2, -0.15) is 8.78 Å². The van der Waals surface area contributed by atoms with Crippen LogP contribution in [-0.2, 0) is 19.6 Å². The van der Waals surface area contributed by atoms with Gasteiger partial charge in [0.1, 0.15) is 33.7 Å². The number of carbonyl (C=O) groups is 1. The lowest BCUT2D eigenvalue weighted by atomic mass is 9.80. The molecule has 3 aromatic rings. The monoisotopic (exact) mass is 564 g/mol. The maximum atomic E-state index is 14.2. The first-order chi connectivity index (χ1) is 18.5. The van der Waals surface area contributed by atoms with Gasteiger partial charge < -0.3 is 19.3 Å². The lowest BCUT2D eigenvalue weighted by molar-refractivity contribution is -0.184. The summed E-state index contributed by atoms with van der Waals surface area (Å²) in [4.78, 5) is 15.8. The fourth-order valence-corrected chi connectivity index (χ4v) is 6.18. The van der Waals surface area contributed by atoms with Gasteiger partial charge in [-0.1, -0.05) is 6.07 Å². The molecule has 0 aliphatic carbocycles. The van der Waals surface area contributed by atoms with Crippen molar-refractivity contribution >= 4 is 21.7 Å². The molecule has 0 saturated carbocycles. The number of anilines is 1. The number of carboxylic acids is 1. The van der Waals surface area contributed by atoms with E-state index in [2.05, 4.69) is 9.72 Å². The molecule has 1 atom stereocenters. The van der Waals surface area contributed by atoms with Gasteiger partial charge in [-0.15, -0.1) is 0 Å². The molecule has 5 rings (SSSR count). The van der Waals surface area contributed by atoms with Crippen molar-refractivity contribution in [3.8, 4) is 22.6 Å². The third kappa shape index (κ3) is 5.23. The Morgan fingerprint density at radius 3 is 2.59 bits per heavy atom. The smallest absolute Gasteiger partial charge is 0.387 e. The fraction of sp³-hybridized carbons (Fsp3) is 0.308. The second-order valence-electron chi connectivity index (χ2n) is 9.49. The minimum absolute atomic E-state index is 0.000163. The van der Waals surface area contributed by atoms with Crippen LogP contribution in [0.1, 0.15) is 12.0 Å². The van der Waals surface area contributed by atoms with E-state index in [1.807, 2.05) is 0 Å². The van der Waals surface area contributed by atoms with Crippen LogP contribution in [0.15, 0.2) is 59.8 Å². The number of aryl methyl sites for hydroxylation is 1. The van der Waals surface area contributed by atoms with Gasteiger partial charge in [0.15, 0.2) is 0 Å². The lowest BCUT2D eigenvalue weighted by Gasteiger charge is -2.42. The highest BCUT2D eigenvalue weighted by molar-refractivity contribution is 7.92. The predicted octanol–water partition coefficient (Wildman–Crippen LogP) is 4.25. The maximum Gasteiger partial charge on any atom is 0.387 e. The van der Waals surface area contributed by atoms with Gasteiger partial charge in [-0.05, 0) is 53.9 Å². The molecule has 1 N–H and O–H groups in total. The standard InChI is InChI=1S/C26H23F3N2O7S/c1-15-4-21(11-30-10-15)39(34,35)31-12-20(9-26(24(32)33)13-36-14-26)37-23-3-2-16(7-22(23)31)17-5-18(27)8-19(6-17)38-25(28)29/h2-8,10-11,20,25H,9,12-14H2,1H3,(H,32,33)/t20-/m0/s1. The summed E-state index contributed by atoms with van der Waals surface area (Å²) < 4.78 is 84.0. The first-order valence-electron chi connectivity index (χ1n) is 11.8. The first kappa shape index (κ1) is 26.8. The van der Waals surface area contributed by atoms with Crippen LogP contribution in [-0.4, -0.2) is 57.0 Å². The van der Waals surface area contributed by atoms with Crippen LogP contribution in [0.3, 0.4) is 0 Å². The number of aromatic nitrogens is 1. The molecule has 3 heterocycles. The Bertz CT molecular complexity index is 1530. The molecule has 1 aromatic heterocycles. The normalized spacial score (nSPS) is 18.2. The second-order valence-corrected chi connectivity index (χ2v) is 11.4. The minimum atomic E-state index is -4.21. The summed E-state index contributed by atoms with van der Waals surface area (Å²) in [6.07, 6.45) is 1.88. The summed E-state index contributed by atoms with van der Waals surface area (Å²) in [5.41, 5.74) is -0.00357. The largest absolute Gasteiger partial charge is 0.486 e. The SMILES string of the molecule is Cc1cncc(S(=O)(=O)N2C[C@H](CC3(C(=O)O)COC3)Oc3ccc(-c4cc(F)cc(OC(F)F)c4)cc32)c1. The maximum absolute atomic E-state index is 14.2. The van der Waals surface area contributed by atoms with Crippen molar-refractivity contribution < 1.29 is 45.7 Å². The van der Waals surface area contributed by atoms with Crippen LogP contribution < -0.4 is 13.8 Å². The van der Waals surface area contributed by atoms with Crippen LogP contribution in [0, 0.1) is 18.2 Å². The number of pyridine rings is 1. The molecule has 13 heteroatoms. The average molecular weight is 565 g/mol. The number of ether oxygens (including phenoxy) is 3. The molecule has 1 saturated heterocycles. The highest BCUT2D eigenvalue weighted by Gasteiger charge is 2.50. The van der Waals surface area contributed by atoms with Crippen molar-refractivity contribution in [2.24, 2.45) is 5.41 Å². The lowest BCUT2D eigenvalue weighted by Crippen LogP contribution is -2.54. The number of alkyl halides is 2. The summed E-state index contributed by atoms with van der Waals surface area (Å²) in [6.45, 7) is -1.73. The summed E-state index contributed by atoms with van der Waals surface area (Å²) in [5, 5.41) is 9.74. The number of sulfonamides is 1. The van der Waals surface area contributed by atoms with E-state index in [-0.39, 0.29) is 48.1 Å². The molecule has 206 valence electrons. The zero-order chi connectivity index (χ0) is 27.9. The Kier molecular flexibility index (Phi) is 6.89. The van der Waals surface area contributed by atoms with Gasteiger partial charge in [0, 0.05) is 24.9 Å². The quantitative estimate of drug-likeness (QED) is 0.432. The Hall–Kier alpha value is -3.84. The number of hydrogen-bond acceptors (Lipinski definition) is 7. The number of halogens is 3. The molecule has 2 aromatic carbocycles. The number of carboxylic acid groups (broad SMARTS) is 1. The second kappa shape index (κ2) is 10.0. The van der Waals surface area contributed by atoms with Gasteiger partial charge in [0.25, 0.3) is 10.0 Å². The highest BCUT2D eigenvalue weighted by atomic mass is 32.2. The van der Waals surface area contributed by atoms with Gasteiger partial charge in [-0.3, -0.25) is 14.1 Å². The van der Waals surface area contributed by atoms with Gasteiger partial charge in [-0.25, -0.2) is 12.8 Å². The topological polar surface area (TPSA) is 115 Å². The van der Waals surface area contributed by atoms with Gasteiger partial charge in [0.2, 0.25) is 0 Å². The molecule has 39 heavy (non-hydrogen) atoms. The van der Waals surface area contributed by atoms with Crippen molar-refractivity contribution in [2.75, 3.05) is 24.1 Å². The number of nitrogens with zero attached hydrogens (tertiary/aromatic N) is 2. The van der Waals surface area contributed by atoms with Crippen molar-refractivity contribution in [3.63, 3.8) is 0 Å². The zero-order valence-electron chi connectivity index (χ0n) is 20.5. The zero-order valence-corrected chi connectivity index (χ0v) is 21.3. The molecule has 2 aliphatic heterocycles. The van der Waals surface area contributed by atoms with E-state index >= 15 is 0 Å². The van der Waals surface area contributed by atoms with Crippen LogP contribution in [0.4, 0.5) is 18.9 Å².